The molecule has 5 heteroatoms. The Morgan fingerprint density at radius 1 is 1.59 bits per heavy atom. The Kier molecular flexibility index (Phi) is 4.35. The third-order valence-corrected chi connectivity index (χ3v) is 3.14. The van der Waals surface area contributed by atoms with Crippen molar-refractivity contribution in [2.75, 3.05) is 5.73 Å². The van der Waals surface area contributed by atoms with Crippen molar-refractivity contribution in [1.82, 2.24) is 4.57 Å². The number of anilines is 1. The summed E-state index contributed by atoms with van der Waals surface area (Å²) in [6, 6.07) is 3.84. The van der Waals surface area contributed by atoms with E-state index in [1.54, 1.807) is 16.8 Å². The van der Waals surface area contributed by atoms with Gasteiger partial charge in [0.05, 0.1) is 16.0 Å². The lowest BCUT2D eigenvalue weighted by Gasteiger charge is -2.15. The van der Waals surface area contributed by atoms with Crippen LogP contribution in [0, 0.1) is 16.7 Å². The number of aryl methyl sites for hydroxylation is 1. The van der Waals surface area contributed by atoms with E-state index in [1.165, 1.54) is 0 Å². The van der Waals surface area contributed by atoms with Crippen LogP contribution in [0.5, 0.6) is 0 Å². The molecule has 0 fully saturated rings. The van der Waals surface area contributed by atoms with Crippen LogP contribution in [0.25, 0.3) is 0 Å². The van der Waals surface area contributed by atoms with Gasteiger partial charge in [0.2, 0.25) is 0 Å². The zero-order valence-electron chi connectivity index (χ0n) is 10.0. The summed E-state index contributed by atoms with van der Waals surface area (Å²) < 4.78 is 2.05. The van der Waals surface area contributed by atoms with Crippen LogP contribution in [-0.2, 0) is 6.54 Å². The number of pyridine rings is 1. The zero-order valence-corrected chi connectivity index (χ0v) is 11.6. The first kappa shape index (κ1) is 13.8. The first-order valence-electron chi connectivity index (χ1n) is 5.42. The largest absolute Gasteiger partial charge is 0.398 e. The van der Waals surface area contributed by atoms with Gasteiger partial charge in [-0.1, -0.05) is 0 Å². The normalized spacial score (nSPS) is 11.2. The van der Waals surface area contributed by atoms with Crippen LogP contribution in [-0.4, -0.2) is 4.57 Å². The molecule has 0 radical (unpaired) electrons. The second-order valence-corrected chi connectivity index (χ2v) is 5.57. The molecule has 0 spiro atoms. The van der Waals surface area contributed by atoms with E-state index >= 15 is 0 Å². The van der Waals surface area contributed by atoms with Crippen molar-refractivity contribution in [3.63, 3.8) is 0 Å². The van der Waals surface area contributed by atoms with Crippen molar-refractivity contribution in [3.05, 3.63) is 27.1 Å². The van der Waals surface area contributed by atoms with Gasteiger partial charge in [0.25, 0.3) is 5.56 Å². The van der Waals surface area contributed by atoms with Gasteiger partial charge in [-0.3, -0.25) is 4.79 Å². The molecule has 17 heavy (non-hydrogen) atoms. The van der Waals surface area contributed by atoms with Crippen molar-refractivity contribution >= 4 is 21.6 Å². The number of aromatic nitrogens is 1. The molecular weight excluding hydrogens is 282 g/mol. The first-order chi connectivity index (χ1) is 7.85. The number of hydrogen-bond donors (Lipinski definition) is 1. The third kappa shape index (κ3) is 3.90. The number of nitrogen functional groups attached to an aromatic ring is 1. The van der Waals surface area contributed by atoms with Gasteiger partial charge in [0.15, 0.2) is 0 Å². The topological polar surface area (TPSA) is 71.8 Å². The Hall–Kier alpha value is -1.28. The number of rotatable bonds is 4. The summed E-state index contributed by atoms with van der Waals surface area (Å²) >= 11 is 3.18. The van der Waals surface area contributed by atoms with Gasteiger partial charge < -0.3 is 10.3 Å². The van der Waals surface area contributed by atoms with E-state index < -0.39 is 0 Å². The average molecular weight is 298 g/mol. The predicted molar refractivity (Wildman–Crippen MR) is 71.4 cm³/mol. The van der Waals surface area contributed by atoms with Crippen molar-refractivity contribution in [1.29, 1.82) is 5.26 Å². The van der Waals surface area contributed by atoms with Gasteiger partial charge in [-0.15, -0.1) is 0 Å². The van der Waals surface area contributed by atoms with Gasteiger partial charge in [-0.25, -0.2) is 0 Å². The quantitative estimate of drug-likeness (QED) is 0.928. The molecule has 0 bridgehead atoms. The molecule has 0 aromatic carbocycles. The van der Waals surface area contributed by atoms with Crippen molar-refractivity contribution in [2.45, 2.75) is 33.2 Å². The lowest BCUT2D eigenvalue weighted by atomic mass is 9.90. The fraction of sp³-hybridized carbons (Fsp3) is 0.500. The lowest BCUT2D eigenvalue weighted by Crippen LogP contribution is -2.21. The monoisotopic (exact) mass is 297 g/mol. The Labute approximate surface area is 109 Å². The predicted octanol–water partition coefficient (Wildman–Crippen LogP) is 2.52. The molecule has 0 aliphatic heterocycles. The number of nitriles is 1. The molecule has 0 saturated carbocycles. The minimum atomic E-state index is -0.346. The van der Waals surface area contributed by atoms with E-state index in [0.717, 1.165) is 12.8 Å². The second-order valence-electron chi connectivity index (χ2n) is 4.72. The maximum atomic E-state index is 11.7. The summed E-state index contributed by atoms with van der Waals surface area (Å²) in [6.07, 6.45) is 3.16. The van der Waals surface area contributed by atoms with Gasteiger partial charge >= 0.3 is 0 Å². The number of hydrogen-bond acceptors (Lipinski definition) is 3. The van der Waals surface area contributed by atoms with Gasteiger partial charge in [0.1, 0.15) is 0 Å². The molecule has 2 N–H and O–H groups in total. The van der Waals surface area contributed by atoms with Gasteiger partial charge in [0, 0.05) is 18.4 Å². The molecule has 1 aromatic rings. The standard InChI is InChI=1S/C12H16BrN3O/c1-12(2,8-14)4-3-5-16-7-9(15)6-10(13)11(16)17/h6-7H,3-5,15H2,1-2H3. The highest BCUT2D eigenvalue weighted by Crippen LogP contribution is 2.21. The lowest BCUT2D eigenvalue weighted by molar-refractivity contribution is 0.413. The van der Waals surface area contributed by atoms with E-state index in [0.29, 0.717) is 16.7 Å². The van der Waals surface area contributed by atoms with Crippen LogP contribution in [0.15, 0.2) is 21.5 Å². The molecule has 92 valence electrons. The molecule has 4 nitrogen and oxygen atoms in total. The molecule has 0 atom stereocenters. The zero-order chi connectivity index (χ0) is 13.1. The molecule has 0 saturated heterocycles. The van der Waals surface area contributed by atoms with Crippen molar-refractivity contribution < 1.29 is 0 Å². The minimum absolute atomic E-state index is 0.0889. The smallest absolute Gasteiger partial charge is 0.264 e. The highest BCUT2D eigenvalue weighted by molar-refractivity contribution is 9.10. The summed E-state index contributed by atoms with van der Waals surface area (Å²) in [4.78, 5) is 11.7. The van der Waals surface area contributed by atoms with E-state index in [2.05, 4.69) is 22.0 Å². The van der Waals surface area contributed by atoms with E-state index in [4.69, 9.17) is 11.0 Å². The molecule has 1 rings (SSSR count). The number of nitrogens with two attached hydrogens (primary N) is 1. The molecule has 1 aromatic heterocycles. The SMILES string of the molecule is CC(C)(C#N)CCCn1cc(N)cc(Br)c1=O. The van der Waals surface area contributed by atoms with E-state index in [1.807, 2.05) is 13.8 Å². The molecule has 0 amide bonds. The fourth-order valence-electron chi connectivity index (χ4n) is 1.53. The Balaban J connectivity index is 2.72. The summed E-state index contributed by atoms with van der Waals surface area (Å²) in [5.41, 5.74) is 5.79. The van der Waals surface area contributed by atoms with Crippen LogP contribution in [0.3, 0.4) is 0 Å². The Morgan fingerprint density at radius 3 is 2.82 bits per heavy atom. The number of halogens is 1. The fourth-order valence-corrected chi connectivity index (χ4v) is 2.03. The van der Waals surface area contributed by atoms with Crippen LogP contribution in [0.2, 0.25) is 0 Å². The van der Waals surface area contributed by atoms with Crippen LogP contribution >= 0.6 is 15.9 Å². The van der Waals surface area contributed by atoms with Crippen LogP contribution in [0.1, 0.15) is 26.7 Å². The highest BCUT2D eigenvalue weighted by atomic mass is 79.9. The highest BCUT2D eigenvalue weighted by Gasteiger charge is 2.15. The number of nitrogens with zero attached hydrogens (tertiary/aromatic N) is 2. The van der Waals surface area contributed by atoms with Crippen molar-refractivity contribution in [3.8, 4) is 6.07 Å². The summed E-state index contributed by atoms with van der Waals surface area (Å²) in [6.45, 7) is 4.36. The third-order valence-electron chi connectivity index (χ3n) is 2.57. The van der Waals surface area contributed by atoms with E-state index in [9.17, 15) is 4.79 Å². The summed E-state index contributed by atoms with van der Waals surface area (Å²) in [5, 5.41) is 8.89. The second kappa shape index (κ2) is 5.37. The molecule has 0 aliphatic rings. The molecule has 1 heterocycles. The Morgan fingerprint density at radius 2 is 2.24 bits per heavy atom. The molecule has 0 unspecified atom stereocenters. The minimum Gasteiger partial charge on any atom is -0.398 e. The molecular formula is C12H16BrN3O. The maximum Gasteiger partial charge on any atom is 0.264 e. The summed E-state index contributed by atoms with van der Waals surface area (Å²) in [7, 11) is 0. The van der Waals surface area contributed by atoms with Crippen LogP contribution < -0.4 is 11.3 Å². The van der Waals surface area contributed by atoms with Crippen molar-refractivity contribution in [2.24, 2.45) is 5.41 Å². The molecule has 0 aliphatic carbocycles. The first-order valence-corrected chi connectivity index (χ1v) is 6.22. The average Bonchev–Trinajstić information content (AvgIpc) is 2.24. The van der Waals surface area contributed by atoms with Gasteiger partial charge in [-0.2, -0.15) is 5.26 Å². The van der Waals surface area contributed by atoms with Gasteiger partial charge in [-0.05, 0) is 48.7 Å². The van der Waals surface area contributed by atoms with Crippen LogP contribution in [0.4, 0.5) is 5.69 Å². The Bertz CT molecular complexity index is 499. The maximum absolute atomic E-state index is 11.7. The summed E-state index contributed by atoms with van der Waals surface area (Å²) in [5.74, 6) is 0. The van der Waals surface area contributed by atoms with E-state index in [-0.39, 0.29) is 11.0 Å².